The minimum Gasteiger partial charge on any atom is -0.481 e. The number of amides is 1. The van der Waals surface area contributed by atoms with Gasteiger partial charge in [0.2, 0.25) is 5.88 Å². The van der Waals surface area contributed by atoms with E-state index in [4.69, 9.17) is 9.84 Å². The van der Waals surface area contributed by atoms with E-state index in [1.165, 1.54) is 7.11 Å². The first kappa shape index (κ1) is 14.7. The molecule has 2 rings (SSSR count). The summed E-state index contributed by atoms with van der Waals surface area (Å²) in [5.41, 5.74) is 0.587. The normalized spacial score (nSPS) is 19.9. The molecule has 20 heavy (non-hydrogen) atoms. The Bertz CT molecular complexity index is 467. The molecule has 0 aliphatic carbocycles. The number of hydrogen-bond donors (Lipinski definition) is 1. The number of nitrogens with zero attached hydrogens (tertiary/aromatic N) is 3. The topological polar surface area (TPSA) is 65.9 Å². The van der Waals surface area contributed by atoms with Crippen molar-refractivity contribution in [2.45, 2.75) is 12.5 Å². The Labute approximate surface area is 119 Å². The van der Waals surface area contributed by atoms with Crippen molar-refractivity contribution in [2.75, 3.05) is 40.4 Å². The fourth-order valence-electron chi connectivity index (χ4n) is 2.43. The summed E-state index contributed by atoms with van der Waals surface area (Å²) in [4.78, 5) is 20.5. The zero-order valence-electron chi connectivity index (χ0n) is 12.0. The second-order valence-electron chi connectivity index (χ2n) is 4.98. The highest BCUT2D eigenvalue weighted by Crippen LogP contribution is 2.16. The highest BCUT2D eigenvalue weighted by Gasteiger charge is 2.27. The zero-order chi connectivity index (χ0) is 14.5. The minimum absolute atomic E-state index is 0.0123. The van der Waals surface area contributed by atoms with Gasteiger partial charge in [-0.1, -0.05) is 0 Å². The van der Waals surface area contributed by atoms with Crippen LogP contribution in [0.3, 0.4) is 0 Å². The quantitative estimate of drug-likeness (QED) is 0.854. The molecule has 1 aliphatic heterocycles. The second kappa shape index (κ2) is 6.67. The Morgan fingerprint density at radius 2 is 2.35 bits per heavy atom. The number of carbonyl (C=O) groups is 1. The molecule has 1 aromatic rings. The molecule has 0 aromatic carbocycles. The number of carbonyl (C=O) groups excluding carboxylic acids is 1. The van der Waals surface area contributed by atoms with Crippen LogP contribution in [0.2, 0.25) is 0 Å². The highest BCUT2D eigenvalue weighted by atomic mass is 16.5. The van der Waals surface area contributed by atoms with E-state index in [-0.39, 0.29) is 18.6 Å². The maximum atomic E-state index is 12.5. The summed E-state index contributed by atoms with van der Waals surface area (Å²) >= 11 is 0. The molecule has 1 fully saturated rings. The molecule has 0 saturated carbocycles. The van der Waals surface area contributed by atoms with Gasteiger partial charge in [0.15, 0.2) is 0 Å². The van der Waals surface area contributed by atoms with Crippen molar-refractivity contribution >= 4 is 5.91 Å². The molecule has 0 spiro atoms. The van der Waals surface area contributed by atoms with Crippen molar-refractivity contribution in [1.29, 1.82) is 0 Å². The minimum atomic E-state index is -0.0123. The number of pyridine rings is 1. The van der Waals surface area contributed by atoms with Gasteiger partial charge in [0, 0.05) is 50.1 Å². The number of likely N-dealkylation sites (N-methyl/N-ethyl adjacent to an activating group) is 1. The van der Waals surface area contributed by atoms with Crippen LogP contribution in [0.1, 0.15) is 16.8 Å². The lowest BCUT2D eigenvalue weighted by Crippen LogP contribution is -2.53. The van der Waals surface area contributed by atoms with Crippen LogP contribution in [-0.4, -0.2) is 72.2 Å². The van der Waals surface area contributed by atoms with E-state index >= 15 is 0 Å². The van der Waals surface area contributed by atoms with E-state index in [0.717, 1.165) is 6.54 Å². The van der Waals surface area contributed by atoms with Crippen LogP contribution in [0.25, 0.3) is 0 Å². The van der Waals surface area contributed by atoms with Crippen LogP contribution in [0.5, 0.6) is 5.88 Å². The molecule has 1 amide bonds. The Hall–Kier alpha value is -1.66. The highest BCUT2D eigenvalue weighted by molar-refractivity contribution is 5.94. The number of hydrogen-bond acceptors (Lipinski definition) is 5. The second-order valence-corrected chi connectivity index (χ2v) is 4.98. The molecule has 1 atom stereocenters. The molecule has 0 radical (unpaired) electrons. The molecule has 2 heterocycles. The van der Waals surface area contributed by atoms with Crippen molar-refractivity contribution < 1.29 is 14.6 Å². The molecule has 0 bridgehead atoms. The van der Waals surface area contributed by atoms with Gasteiger partial charge in [-0.15, -0.1) is 0 Å². The standard InChI is InChI=1S/C14H21N3O3/c1-16-6-7-17(10-12(16)4-8-18)14(19)11-3-5-15-13(9-11)20-2/h3,5,9,12,18H,4,6-8,10H2,1-2H3. The van der Waals surface area contributed by atoms with E-state index < -0.39 is 0 Å². The van der Waals surface area contributed by atoms with Gasteiger partial charge in [0.05, 0.1) is 7.11 Å². The van der Waals surface area contributed by atoms with Crippen LogP contribution in [-0.2, 0) is 0 Å². The lowest BCUT2D eigenvalue weighted by Gasteiger charge is -2.39. The Kier molecular flexibility index (Phi) is 4.92. The van der Waals surface area contributed by atoms with Crippen molar-refractivity contribution in [2.24, 2.45) is 0 Å². The molecule has 1 N–H and O–H groups in total. The molecule has 1 saturated heterocycles. The maximum Gasteiger partial charge on any atom is 0.254 e. The third kappa shape index (κ3) is 3.26. The third-order valence-electron chi connectivity index (χ3n) is 3.72. The largest absolute Gasteiger partial charge is 0.481 e. The average molecular weight is 279 g/mol. The summed E-state index contributed by atoms with van der Waals surface area (Å²) in [6.45, 7) is 2.29. The number of ether oxygens (including phenoxy) is 1. The van der Waals surface area contributed by atoms with Gasteiger partial charge in [0.1, 0.15) is 0 Å². The van der Waals surface area contributed by atoms with E-state index in [1.807, 2.05) is 11.9 Å². The van der Waals surface area contributed by atoms with Crippen molar-refractivity contribution in [3.05, 3.63) is 23.9 Å². The number of aromatic nitrogens is 1. The molecule has 1 unspecified atom stereocenters. The van der Waals surface area contributed by atoms with Crippen LogP contribution < -0.4 is 4.74 Å². The third-order valence-corrected chi connectivity index (χ3v) is 3.72. The summed E-state index contributed by atoms with van der Waals surface area (Å²) in [7, 11) is 3.56. The fraction of sp³-hybridized carbons (Fsp3) is 0.571. The lowest BCUT2D eigenvalue weighted by atomic mass is 10.1. The van der Waals surface area contributed by atoms with Gasteiger partial charge >= 0.3 is 0 Å². The number of aliphatic hydroxyl groups excluding tert-OH is 1. The van der Waals surface area contributed by atoms with Crippen LogP contribution in [0.4, 0.5) is 0 Å². The van der Waals surface area contributed by atoms with Crippen LogP contribution in [0, 0.1) is 0 Å². The van der Waals surface area contributed by atoms with Gasteiger partial charge < -0.3 is 14.7 Å². The molecule has 6 heteroatoms. The Balaban J connectivity index is 2.08. The van der Waals surface area contributed by atoms with Crippen molar-refractivity contribution in [1.82, 2.24) is 14.8 Å². The van der Waals surface area contributed by atoms with Crippen LogP contribution in [0.15, 0.2) is 18.3 Å². The van der Waals surface area contributed by atoms with Crippen molar-refractivity contribution in [3.63, 3.8) is 0 Å². The number of aliphatic hydroxyl groups is 1. The van der Waals surface area contributed by atoms with Crippen molar-refractivity contribution in [3.8, 4) is 5.88 Å². The first-order chi connectivity index (χ1) is 9.65. The smallest absolute Gasteiger partial charge is 0.254 e. The summed E-state index contributed by atoms with van der Waals surface area (Å²) in [5.74, 6) is 0.429. The average Bonchev–Trinajstić information content (AvgIpc) is 2.49. The number of rotatable bonds is 4. The first-order valence-electron chi connectivity index (χ1n) is 6.76. The van der Waals surface area contributed by atoms with Gasteiger partial charge in [0.25, 0.3) is 5.91 Å². The Morgan fingerprint density at radius 1 is 1.55 bits per heavy atom. The van der Waals surface area contributed by atoms with Crippen LogP contribution >= 0.6 is 0 Å². The van der Waals surface area contributed by atoms with Gasteiger partial charge in [-0.2, -0.15) is 0 Å². The van der Waals surface area contributed by atoms with E-state index in [2.05, 4.69) is 9.88 Å². The predicted molar refractivity (Wildman–Crippen MR) is 74.8 cm³/mol. The number of methoxy groups -OCH3 is 1. The predicted octanol–water partition coefficient (Wildman–Crippen LogP) is 0.229. The van der Waals surface area contributed by atoms with E-state index in [0.29, 0.717) is 31.0 Å². The molecular weight excluding hydrogens is 258 g/mol. The molecule has 110 valence electrons. The lowest BCUT2D eigenvalue weighted by molar-refractivity contribution is 0.0500. The van der Waals surface area contributed by atoms with Gasteiger partial charge in [-0.3, -0.25) is 9.69 Å². The van der Waals surface area contributed by atoms with Gasteiger partial charge in [-0.25, -0.2) is 4.98 Å². The summed E-state index contributed by atoms with van der Waals surface area (Å²) < 4.78 is 5.05. The number of piperazine rings is 1. The van der Waals surface area contributed by atoms with E-state index in [9.17, 15) is 4.79 Å². The summed E-state index contributed by atoms with van der Waals surface area (Å²) in [5, 5.41) is 9.09. The monoisotopic (exact) mass is 279 g/mol. The molecule has 6 nitrogen and oxygen atoms in total. The zero-order valence-corrected chi connectivity index (χ0v) is 12.0. The molecule has 1 aromatic heterocycles. The van der Waals surface area contributed by atoms with Gasteiger partial charge in [-0.05, 0) is 19.5 Å². The Morgan fingerprint density at radius 3 is 3.05 bits per heavy atom. The summed E-state index contributed by atoms with van der Waals surface area (Å²) in [6.07, 6.45) is 2.26. The SMILES string of the molecule is COc1cc(C(=O)N2CCN(C)C(CCO)C2)ccn1. The fourth-order valence-corrected chi connectivity index (χ4v) is 2.43. The first-order valence-corrected chi connectivity index (χ1v) is 6.76. The summed E-state index contributed by atoms with van der Waals surface area (Å²) in [6, 6.07) is 3.56. The maximum absolute atomic E-state index is 12.5. The van der Waals surface area contributed by atoms with E-state index in [1.54, 1.807) is 18.3 Å². The molecule has 1 aliphatic rings. The molecular formula is C14H21N3O3.